The van der Waals surface area contributed by atoms with Crippen molar-refractivity contribution >= 4 is 5.95 Å². The second-order valence-electron chi connectivity index (χ2n) is 7.33. The Balaban J connectivity index is 1.49. The molecule has 2 heterocycles. The Bertz CT molecular complexity index is 1190. The molecule has 0 fully saturated rings. The molecule has 1 aliphatic rings. The van der Waals surface area contributed by atoms with Crippen LogP contribution >= 0.6 is 0 Å². The lowest BCUT2D eigenvalue weighted by atomic mass is 9.98. The van der Waals surface area contributed by atoms with Crippen LogP contribution in [0.4, 0.5) is 5.95 Å². The second-order valence-corrected chi connectivity index (χ2v) is 7.33. The van der Waals surface area contributed by atoms with Crippen molar-refractivity contribution < 1.29 is 14.4 Å². The predicted octanol–water partition coefficient (Wildman–Crippen LogP) is 4.82. The lowest BCUT2D eigenvalue weighted by Gasteiger charge is -2.17. The van der Waals surface area contributed by atoms with Crippen molar-refractivity contribution in [3.05, 3.63) is 77.9 Å². The standard InChI is InChI=1S/C24H21N3O3/c1-16-7-5-6-10-20(16)18-13-19-15-27(11-12-29-22(19)21(28)14-18)24-25-23(30-26-24)17-8-3-2-4-9-17/h2-10,13-14,28H,11-12,15H2,1H3. The fourth-order valence-corrected chi connectivity index (χ4v) is 3.76. The smallest absolute Gasteiger partial charge is 0.266 e. The minimum Gasteiger partial charge on any atom is -0.504 e. The van der Waals surface area contributed by atoms with Gasteiger partial charge in [0.15, 0.2) is 11.5 Å². The lowest BCUT2D eigenvalue weighted by molar-refractivity contribution is 0.311. The molecule has 0 aliphatic carbocycles. The van der Waals surface area contributed by atoms with Gasteiger partial charge in [0.25, 0.3) is 11.8 Å². The maximum absolute atomic E-state index is 10.6. The molecule has 5 rings (SSSR count). The maximum atomic E-state index is 10.6. The van der Waals surface area contributed by atoms with Crippen LogP contribution in [0.25, 0.3) is 22.6 Å². The number of rotatable bonds is 3. The molecule has 0 atom stereocenters. The highest BCUT2D eigenvalue weighted by atomic mass is 16.5. The molecular weight excluding hydrogens is 378 g/mol. The molecule has 0 spiro atoms. The van der Waals surface area contributed by atoms with Crippen LogP contribution in [0.15, 0.2) is 71.3 Å². The predicted molar refractivity (Wildman–Crippen MR) is 115 cm³/mol. The van der Waals surface area contributed by atoms with E-state index in [1.165, 1.54) is 0 Å². The number of hydrogen-bond acceptors (Lipinski definition) is 6. The first-order chi connectivity index (χ1) is 14.7. The molecule has 30 heavy (non-hydrogen) atoms. The minimum absolute atomic E-state index is 0.144. The molecule has 4 aromatic rings. The van der Waals surface area contributed by atoms with Crippen molar-refractivity contribution in [2.75, 3.05) is 18.1 Å². The third kappa shape index (κ3) is 3.37. The molecule has 0 saturated heterocycles. The van der Waals surface area contributed by atoms with E-state index in [1.54, 1.807) is 6.07 Å². The number of nitrogens with zero attached hydrogens (tertiary/aromatic N) is 3. The van der Waals surface area contributed by atoms with Gasteiger partial charge in [0.1, 0.15) is 6.61 Å². The van der Waals surface area contributed by atoms with Crippen LogP contribution in [-0.4, -0.2) is 28.4 Å². The van der Waals surface area contributed by atoms with Crippen LogP contribution in [0.3, 0.4) is 0 Å². The number of anilines is 1. The van der Waals surface area contributed by atoms with Crippen molar-refractivity contribution in [3.63, 3.8) is 0 Å². The Morgan fingerprint density at radius 1 is 0.967 bits per heavy atom. The van der Waals surface area contributed by atoms with E-state index >= 15 is 0 Å². The summed E-state index contributed by atoms with van der Waals surface area (Å²) in [6, 6.07) is 21.6. The van der Waals surface area contributed by atoms with Gasteiger partial charge in [0.2, 0.25) is 0 Å². The van der Waals surface area contributed by atoms with Gasteiger partial charge in [-0.3, -0.25) is 0 Å². The third-order valence-electron chi connectivity index (χ3n) is 5.29. The number of aromatic nitrogens is 2. The zero-order chi connectivity index (χ0) is 20.5. The number of phenolic OH excluding ortho intramolecular Hbond substituents is 1. The monoisotopic (exact) mass is 399 g/mol. The number of aryl methyl sites for hydroxylation is 1. The number of hydrogen-bond donors (Lipinski definition) is 1. The summed E-state index contributed by atoms with van der Waals surface area (Å²) in [6.07, 6.45) is 0. The van der Waals surface area contributed by atoms with Gasteiger partial charge in [-0.05, 0) is 53.0 Å². The van der Waals surface area contributed by atoms with Crippen LogP contribution in [0.2, 0.25) is 0 Å². The van der Waals surface area contributed by atoms with Gasteiger partial charge in [-0.1, -0.05) is 42.5 Å². The van der Waals surface area contributed by atoms with Crippen molar-refractivity contribution in [1.82, 2.24) is 10.1 Å². The molecule has 150 valence electrons. The summed E-state index contributed by atoms with van der Waals surface area (Å²) in [5, 5.41) is 14.8. The van der Waals surface area contributed by atoms with Crippen LogP contribution < -0.4 is 9.64 Å². The molecule has 0 saturated carbocycles. The van der Waals surface area contributed by atoms with E-state index in [0.29, 0.717) is 37.3 Å². The fourth-order valence-electron chi connectivity index (χ4n) is 3.76. The average molecular weight is 399 g/mol. The number of phenols is 1. The van der Waals surface area contributed by atoms with E-state index in [-0.39, 0.29) is 5.75 Å². The van der Waals surface area contributed by atoms with Crippen molar-refractivity contribution in [1.29, 1.82) is 0 Å². The molecular formula is C24H21N3O3. The highest BCUT2D eigenvalue weighted by Crippen LogP contribution is 2.39. The first-order valence-corrected chi connectivity index (χ1v) is 9.88. The molecule has 0 amide bonds. The molecule has 0 bridgehead atoms. The first kappa shape index (κ1) is 18.2. The van der Waals surface area contributed by atoms with Crippen LogP contribution in [-0.2, 0) is 6.54 Å². The van der Waals surface area contributed by atoms with Crippen LogP contribution in [0.1, 0.15) is 11.1 Å². The maximum Gasteiger partial charge on any atom is 0.266 e. The number of aromatic hydroxyl groups is 1. The summed E-state index contributed by atoms with van der Waals surface area (Å²) in [5.41, 5.74) is 4.94. The summed E-state index contributed by atoms with van der Waals surface area (Å²) in [7, 11) is 0. The largest absolute Gasteiger partial charge is 0.504 e. The van der Waals surface area contributed by atoms with Crippen LogP contribution in [0, 0.1) is 6.92 Å². The van der Waals surface area contributed by atoms with E-state index in [2.05, 4.69) is 35.3 Å². The lowest BCUT2D eigenvalue weighted by Crippen LogP contribution is -2.26. The zero-order valence-electron chi connectivity index (χ0n) is 16.6. The van der Waals surface area contributed by atoms with Gasteiger partial charge in [-0.2, -0.15) is 4.98 Å². The summed E-state index contributed by atoms with van der Waals surface area (Å²) in [6.45, 7) is 3.57. The third-order valence-corrected chi connectivity index (χ3v) is 5.29. The van der Waals surface area contributed by atoms with Crippen molar-refractivity contribution in [2.24, 2.45) is 0 Å². The van der Waals surface area contributed by atoms with Gasteiger partial charge in [0, 0.05) is 17.7 Å². The van der Waals surface area contributed by atoms with Gasteiger partial charge >= 0.3 is 0 Å². The van der Waals surface area contributed by atoms with E-state index in [1.807, 2.05) is 47.4 Å². The Hall–Kier alpha value is -3.80. The second kappa shape index (κ2) is 7.55. The summed E-state index contributed by atoms with van der Waals surface area (Å²) < 4.78 is 11.3. The summed E-state index contributed by atoms with van der Waals surface area (Å²) in [5.74, 6) is 1.64. The summed E-state index contributed by atoms with van der Waals surface area (Å²) in [4.78, 5) is 6.57. The molecule has 6 heteroatoms. The normalized spacial score (nSPS) is 13.4. The molecule has 1 aromatic heterocycles. The van der Waals surface area contributed by atoms with Crippen LogP contribution in [0.5, 0.6) is 11.5 Å². The van der Waals surface area contributed by atoms with E-state index < -0.39 is 0 Å². The van der Waals surface area contributed by atoms with Gasteiger partial charge < -0.3 is 19.3 Å². The quantitative estimate of drug-likeness (QED) is 0.533. The zero-order valence-corrected chi connectivity index (χ0v) is 16.6. The highest BCUT2D eigenvalue weighted by molar-refractivity contribution is 5.72. The molecule has 0 unspecified atom stereocenters. The number of fused-ring (bicyclic) bond motifs is 1. The molecule has 3 aromatic carbocycles. The minimum atomic E-state index is 0.144. The van der Waals surface area contributed by atoms with Gasteiger partial charge in [0.05, 0.1) is 6.54 Å². The Kier molecular flexibility index (Phi) is 4.59. The molecule has 1 N–H and O–H groups in total. The first-order valence-electron chi connectivity index (χ1n) is 9.88. The average Bonchev–Trinajstić information content (AvgIpc) is 3.15. The molecule has 0 radical (unpaired) electrons. The van der Waals surface area contributed by atoms with Gasteiger partial charge in [-0.25, -0.2) is 0 Å². The molecule has 1 aliphatic heterocycles. The number of ether oxygens (including phenoxy) is 1. The van der Waals surface area contributed by atoms with Gasteiger partial charge in [-0.15, -0.1) is 0 Å². The Morgan fingerprint density at radius 2 is 1.77 bits per heavy atom. The Labute approximate surface area is 174 Å². The SMILES string of the molecule is Cc1ccccc1-c1cc(O)c2c(c1)CN(c1noc(-c3ccccc3)n1)CCO2. The van der Waals surface area contributed by atoms with E-state index in [4.69, 9.17) is 9.26 Å². The summed E-state index contributed by atoms with van der Waals surface area (Å²) >= 11 is 0. The molecule has 6 nitrogen and oxygen atoms in total. The van der Waals surface area contributed by atoms with E-state index in [0.717, 1.165) is 27.8 Å². The highest BCUT2D eigenvalue weighted by Gasteiger charge is 2.23. The van der Waals surface area contributed by atoms with Crippen molar-refractivity contribution in [2.45, 2.75) is 13.5 Å². The topological polar surface area (TPSA) is 71.6 Å². The Morgan fingerprint density at radius 3 is 2.60 bits per heavy atom. The van der Waals surface area contributed by atoms with E-state index in [9.17, 15) is 5.11 Å². The number of benzene rings is 3. The van der Waals surface area contributed by atoms with Crippen molar-refractivity contribution in [3.8, 4) is 34.1 Å². The fraction of sp³-hybridized carbons (Fsp3) is 0.167.